The second-order valence-electron chi connectivity index (χ2n) is 10.4. The number of aliphatic hydroxyl groups is 1. The van der Waals surface area contributed by atoms with Gasteiger partial charge in [0.1, 0.15) is 17.8 Å². The molecule has 32 heavy (non-hydrogen) atoms. The van der Waals surface area contributed by atoms with Crippen molar-refractivity contribution in [3.05, 3.63) is 29.1 Å². The number of halogens is 1. The summed E-state index contributed by atoms with van der Waals surface area (Å²) in [5.74, 6) is 1.29. The van der Waals surface area contributed by atoms with Crippen molar-refractivity contribution >= 4 is 16.0 Å². The van der Waals surface area contributed by atoms with Crippen molar-refractivity contribution in [2.75, 3.05) is 19.7 Å². The maximum atomic E-state index is 14.9. The van der Waals surface area contributed by atoms with Gasteiger partial charge in [0.25, 0.3) is 10.2 Å². The summed E-state index contributed by atoms with van der Waals surface area (Å²) < 4.78 is 48.7. The summed E-state index contributed by atoms with van der Waals surface area (Å²) in [5.41, 5.74) is -0.0422. The van der Waals surface area contributed by atoms with Gasteiger partial charge in [-0.05, 0) is 75.7 Å². The van der Waals surface area contributed by atoms with E-state index in [1.165, 1.54) is 36.6 Å². The van der Waals surface area contributed by atoms with Gasteiger partial charge in [0, 0.05) is 30.1 Å². The van der Waals surface area contributed by atoms with Crippen LogP contribution in [0.25, 0.3) is 0 Å². The van der Waals surface area contributed by atoms with Gasteiger partial charge >= 0.3 is 0 Å². The van der Waals surface area contributed by atoms with E-state index in [0.29, 0.717) is 19.7 Å². The number of hydrogen-bond acceptors (Lipinski definition) is 5. The highest BCUT2D eigenvalue weighted by Gasteiger charge is 2.51. The molecule has 0 spiro atoms. The minimum absolute atomic E-state index is 0.102. The molecule has 5 fully saturated rings. The summed E-state index contributed by atoms with van der Waals surface area (Å²) in [7, 11) is -3.92. The SMILES string of the molecule is CC(=O)c1cc(C(O)NS(=O)(=O)N2CCC2)c(F)cc1OCC12CC3CC(CC(C3)C1)C2. The Kier molecular flexibility index (Phi) is 5.59. The van der Waals surface area contributed by atoms with Crippen LogP contribution >= 0.6 is 0 Å². The molecule has 4 bridgehead atoms. The molecule has 6 rings (SSSR count). The molecule has 1 unspecified atom stereocenters. The molecule has 176 valence electrons. The number of nitrogens with zero attached hydrogens (tertiary/aromatic N) is 1. The molecule has 1 saturated heterocycles. The van der Waals surface area contributed by atoms with Crippen LogP contribution in [-0.4, -0.2) is 43.3 Å². The number of hydrogen-bond donors (Lipinski definition) is 2. The van der Waals surface area contributed by atoms with E-state index >= 15 is 0 Å². The molecule has 1 heterocycles. The highest BCUT2D eigenvalue weighted by molar-refractivity contribution is 7.87. The predicted molar refractivity (Wildman–Crippen MR) is 116 cm³/mol. The number of nitrogens with one attached hydrogen (secondary N) is 1. The second-order valence-corrected chi connectivity index (χ2v) is 12.1. The first-order chi connectivity index (χ1) is 15.1. The van der Waals surface area contributed by atoms with Crippen LogP contribution in [0.2, 0.25) is 0 Å². The van der Waals surface area contributed by atoms with E-state index in [1.54, 1.807) is 0 Å². The summed E-state index contributed by atoms with van der Waals surface area (Å²) in [6.07, 6.45) is 6.28. The lowest BCUT2D eigenvalue weighted by Gasteiger charge is -2.56. The van der Waals surface area contributed by atoms with Crippen LogP contribution in [0.15, 0.2) is 12.1 Å². The molecular formula is C23H31FN2O5S. The molecule has 1 aliphatic heterocycles. The Hall–Kier alpha value is -1.55. The Labute approximate surface area is 188 Å². The molecule has 9 heteroatoms. The maximum absolute atomic E-state index is 14.9. The predicted octanol–water partition coefficient (Wildman–Crippen LogP) is 3.15. The fourth-order valence-corrected chi connectivity index (χ4v) is 7.98. The van der Waals surface area contributed by atoms with Gasteiger partial charge < -0.3 is 9.84 Å². The average Bonchev–Trinajstić information content (AvgIpc) is 2.62. The third-order valence-electron chi connectivity index (χ3n) is 7.89. The van der Waals surface area contributed by atoms with Crippen LogP contribution in [0.4, 0.5) is 4.39 Å². The van der Waals surface area contributed by atoms with Crippen molar-refractivity contribution in [2.24, 2.45) is 23.2 Å². The molecule has 5 aliphatic rings. The molecule has 1 aromatic carbocycles. The van der Waals surface area contributed by atoms with Gasteiger partial charge in [-0.1, -0.05) is 0 Å². The molecule has 0 amide bonds. The first-order valence-electron chi connectivity index (χ1n) is 11.6. The van der Waals surface area contributed by atoms with Gasteiger partial charge in [0.05, 0.1) is 12.2 Å². The molecule has 0 radical (unpaired) electrons. The van der Waals surface area contributed by atoms with Gasteiger partial charge in [-0.25, -0.2) is 4.39 Å². The number of Topliss-reactive ketones (excluding diaryl/α,β-unsaturated/α-hetero) is 1. The zero-order chi connectivity index (χ0) is 22.7. The monoisotopic (exact) mass is 466 g/mol. The van der Waals surface area contributed by atoms with Crippen molar-refractivity contribution in [1.82, 2.24) is 9.03 Å². The molecule has 4 saturated carbocycles. The van der Waals surface area contributed by atoms with E-state index in [2.05, 4.69) is 4.72 Å². The Bertz CT molecular complexity index is 988. The van der Waals surface area contributed by atoms with Crippen LogP contribution in [0.5, 0.6) is 5.75 Å². The third-order valence-corrected chi connectivity index (χ3v) is 9.45. The molecule has 1 atom stereocenters. The molecular weight excluding hydrogens is 435 g/mol. The highest BCUT2D eigenvalue weighted by Crippen LogP contribution is 2.60. The summed E-state index contributed by atoms with van der Waals surface area (Å²) in [4.78, 5) is 12.3. The first kappa shape index (κ1) is 22.3. The molecule has 0 aromatic heterocycles. The Balaban J connectivity index is 1.34. The minimum Gasteiger partial charge on any atom is -0.492 e. The Morgan fingerprint density at radius 1 is 1.22 bits per heavy atom. The summed E-state index contributed by atoms with van der Waals surface area (Å²) in [5, 5.41) is 10.4. The molecule has 1 aromatic rings. The summed E-state index contributed by atoms with van der Waals surface area (Å²) >= 11 is 0. The normalized spacial score (nSPS) is 32.5. The van der Waals surface area contributed by atoms with Crippen LogP contribution in [0.3, 0.4) is 0 Å². The van der Waals surface area contributed by atoms with Gasteiger partial charge in [-0.3, -0.25) is 4.79 Å². The lowest BCUT2D eigenvalue weighted by Crippen LogP contribution is -2.49. The smallest absolute Gasteiger partial charge is 0.281 e. The molecule has 7 nitrogen and oxygen atoms in total. The number of ketones is 1. The van der Waals surface area contributed by atoms with E-state index in [1.807, 2.05) is 0 Å². The highest BCUT2D eigenvalue weighted by atomic mass is 32.2. The number of rotatable bonds is 8. The van der Waals surface area contributed by atoms with E-state index in [4.69, 9.17) is 4.74 Å². The number of ether oxygens (including phenoxy) is 1. The van der Waals surface area contributed by atoms with Crippen molar-refractivity contribution < 1.29 is 27.4 Å². The van der Waals surface area contributed by atoms with Crippen LogP contribution in [-0.2, 0) is 10.2 Å². The van der Waals surface area contributed by atoms with Gasteiger partial charge in [0.15, 0.2) is 5.78 Å². The third kappa shape index (κ3) is 4.08. The first-order valence-corrected chi connectivity index (χ1v) is 13.0. The van der Waals surface area contributed by atoms with Crippen molar-refractivity contribution in [2.45, 2.75) is 58.1 Å². The Morgan fingerprint density at radius 2 is 1.81 bits per heavy atom. The van der Waals surface area contributed by atoms with E-state index in [-0.39, 0.29) is 28.1 Å². The fourth-order valence-electron chi connectivity index (χ4n) is 6.68. The quantitative estimate of drug-likeness (QED) is 0.453. The zero-order valence-corrected chi connectivity index (χ0v) is 19.2. The molecule has 2 N–H and O–H groups in total. The fraction of sp³-hybridized carbons (Fsp3) is 0.696. The van der Waals surface area contributed by atoms with Crippen LogP contribution in [0, 0.1) is 29.0 Å². The van der Waals surface area contributed by atoms with Gasteiger partial charge in [-0.2, -0.15) is 17.4 Å². The summed E-state index contributed by atoms with van der Waals surface area (Å²) in [6.45, 7) is 2.53. The number of benzene rings is 1. The largest absolute Gasteiger partial charge is 0.492 e. The number of aliphatic hydroxyl groups excluding tert-OH is 1. The topological polar surface area (TPSA) is 95.9 Å². The standard InChI is InChI=1S/C23H31FN2O5S/c1-14(27)18-8-19(22(28)25-32(29,30)26-3-2-4-26)20(24)9-21(18)31-13-23-10-15-5-16(11-23)7-17(6-15)12-23/h8-9,15-17,22,25,28H,2-7,10-13H2,1H3. The zero-order valence-electron chi connectivity index (χ0n) is 18.3. The lowest BCUT2D eigenvalue weighted by atomic mass is 9.50. The number of carbonyl (C=O) groups excluding carboxylic acids is 1. The van der Waals surface area contributed by atoms with E-state index < -0.39 is 22.3 Å². The van der Waals surface area contributed by atoms with E-state index in [9.17, 15) is 22.7 Å². The van der Waals surface area contributed by atoms with Crippen molar-refractivity contribution in [1.29, 1.82) is 0 Å². The molecule has 4 aliphatic carbocycles. The summed E-state index contributed by atoms with van der Waals surface area (Å²) in [6, 6.07) is 2.31. The van der Waals surface area contributed by atoms with Crippen LogP contribution < -0.4 is 9.46 Å². The second kappa shape index (κ2) is 8.04. The van der Waals surface area contributed by atoms with E-state index in [0.717, 1.165) is 49.5 Å². The van der Waals surface area contributed by atoms with Gasteiger partial charge in [0.2, 0.25) is 0 Å². The van der Waals surface area contributed by atoms with Gasteiger partial charge in [-0.15, -0.1) is 0 Å². The average molecular weight is 467 g/mol. The lowest BCUT2D eigenvalue weighted by molar-refractivity contribution is -0.0746. The van der Waals surface area contributed by atoms with Crippen molar-refractivity contribution in [3.8, 4) is 5.75 Å². The maximum Gasteiger partial charge on any atom is 0.281 e. The Morgan fingerprint density at radius 3 is 2.31 bits per heavy atom. The minimum atomic E-state index is -3.92. The number of carbonyl (C=O) groups is 1. The van der Waals surface area contributed by atoms with Crippen molar-refractivity contribution in [3.63, 3.8) is 0 Å². The van der Waals surface area contributed by atoms with Crippen LogP contribution in [0.1, 0.15) is 74.0 Å².